The maximum atomic E-state index is 13.8. The Morgan fingerprint density at radius 2 is 1.96 bits per heavy atom. The van der Waals surface area contributed by atoms with Gasteiger partial charge < -0.3 is 5.32 Å². The molecule has 0 aliphatic carbocycles. The van der Waals surface area contributed by atoms with Crippen molar-refractivity contribution in [1.29, 1.82) is 0 Å². The van der Waals surface area contributed by atoms with Gasteiger partial charge in [-0.05, 0) is 42.8 Å². The first-order valence-corrected chi connectivity index (χ1v) is 9.97. The van der Waals surface area contributed by atoms with Crippen LogP contribution < -0.4 is 10.0 Å². The molecule has 0 unspecified atom stereocenters. The normalized spacial score (nSPS) is 11.3. The summed E-state index contributed by atoms with van der Waals surface area (Å²) in [4.78, 5) is 12.2. The molecule has 0 radical (unpaired) electrons. The van der Waals surface area contributed by atoms with Gasteiger partial charge in [0, 0.05) is 16.7 Å². The van der Waals surface area contributed by atoms with Crippen molar-refractivity contribution < 1.29 is 17.6 Å². The van der Waals surface area contributed by atoms with Crippen molar-refractivity contribution in [1.82, 2.24) is 4.72 Å². The molecular formula is C17H18BrFN2O3S. The van der Waals surface area contributed by atoms with Gasteiger partial charge in [-0.25, -0.2) is 17.5 Å². The molecular weight excluding hydrogens is 411 g/mol. The topological polar surface area (TPSA) is 75.3 Å². The molecule has 0 aliphatic rings. The minimum absolute atomic E-state index is 0.0395. The van der Waals surface area contributed by atoms with E-state index in [-0.39, 0.29) is 16.1 Å². The average molecular weight is 429 g/mol. The van der Waals surface area contributed by atoms with Gasteiger partial charge >= 0.3 is 0 Å². The Morgan fingerprint density at radius 1 is 1.20 bits per heavy atom. The zero-order valence-corrected chi connectivity index (χ0v) is 16.0. The standard InChI is InChI=1S/C17H18BrFN2O3S/c1-2-3-9-20-25(23,24)14-6-4-5-13(11-14)21-17(22)15-8-7-12(18)10-16(15)19/h4-8,10-11,20H,2-3,9H2,1H3,(H,21,22). The van der Waals surface area contributed by atoms with E-state index in [0.29, 0.717) is 11.0 Å². The van der Waals surface area contributed by atoms with Crippen LogP contribution in [0.2, 0.25) is 0 Å². The molecule has 2 N–H and O–H groups in total. The Bertz CT molecular complexity index is 872. The minimum atomic E-state index is -3.65. The first-order valence-electron chi connectivity index (χ1n) is 7.69. The van der Waals surface area contributed by atoms with Crippen LogP contribution in [0, 0.1) is 5.82 Å². The van der Waals surface area contributed by atoms with E-state index in [2.05, 4.69) is 26.0 Å². The molecule has 134 valence electrons. The molecule has 0 aromatic heterocycles. The van der Waals surface area contributed by atoms with Gasteiger partial charge in [-0.3, -0.25) is 4.79 Å². The second-order valence-electron chi connectivity index (χ2n) is 5.36. The number of unbranched alkanes of at least 4 members (excludes halogenated alkanes) is 1. The highest BCUT2D eigenvalue weighted by Crippen LogP contribution is 2.19. The van der Waals surface area contributed by atoms with Crippen molar-refractivity contribution in [3.63, 3.8) is 0 Å². The number of hydrogen-bond acceptors (Lipinski definition) is 3. The summed E-state index contributed by atoms with van der Waals surface area (Å²) in [6, 6.07) is 9.92. The molecule has 1 amide bonds. The summed E-state index contributed by atoms with van der Waals surface area (Å²) in [5.41, 5.74) is 0.142. The van der Waals surface area contributed by atoms with E-state index in [1.54, 1.807) is 12.1 Å². The summed E-state index contributed by atoms with van der Waals surface area (Å²) in [5.74, 6) is -1.32. The van der Waals surface area contributed by atoms with Gasteiger partial charge in [0.25, 0.3) is 5.91 Å². The summed E-state index contributed by atoms with van der Waals surface area (Å²) in [6.45, 7) is 2.31. The number of hydrogen-bond donors (Lipinski definition) is 2. The number of halogens is 2. The summed E-state index contributed by atoms with van der Waals surface area (Å²) >= 11 is 3.12. The van der Waals surface area contributed by atoms with Crippen molar-refractivity contribution in [2.45, 2.75) is 24.7 Å². The molecule has 0 atom stereocenters. The van der Waals surface area contributed by atoms with Gasteiger partial charge in [0.05, 0.1) is 10.5 Å². The Labute approximate surface area is 154 Å². The Kier molecular flexibility index (Phi) is 6.69. The van der Waals surface area contributed by atoms with E-state index in [9.17, 15) is 17.6 Å². The SMILES string of the molecule is CCCCNS(=O)(=O)c1cccc(NC(=O)c2ccc(Br)cc2F)c1. The lowest BCUT2D eigenvalue weighted by Crippen LogP contribution is -2.24. The molecule has 2 aromatic carbocycles. The molecule has 5 nitrogen and oxygen atoms in total. The fourth-order valence-electron chi connectivity index (χ4n) is 2.08. The van der Waals surface area contributed by atoms with Crippen LogP contribution >= 0.6 is 15.9 Å². The smallest absolute Gasteiger partial charge is 0.258 e. The second kappa shape index (κ2) is 8.55. The zero-order valence-electron chi connectivity index (χ0n) is 13.6. The third kappa shape index (κ3) is 5.35. The molecule has 0 bridgehead atoms. The van der Waals surface area contributed by atoms with Crippen molar-refractivity contribution in [2.24, 2.45) is 0 Å². The number of carbonyl (C=O) groups excluding carboxylic acids is 1. The Balaban J connectivity index is 2.17. The predicted molar refractivity (Wildman–Crippen MR) is 98.6 cm³/mol. The summed E-state index contributed by atoms with van der Waals surface area (Å²) in [5, 5.41) is 2.51. The number of sulfonamides is 1. The van der Waals surface area contributed by atoms with E-state index < -0.39 is 21.7 Å². The van der Waals surface area contributed by atoms with Gasteiger partial charge in [-0.15, -0.1) is 0 Å². The van der Waals surface area contributed by atoms with E-state index in [4.69, 9.17) is 0 Å². The Hall–Kier alpha value is -1.77. The monoisotopic (exact) mass is 428 g/mol. The third-order valence-corrected chi connectivity index (χ3v) is 5.35. The molecule has 8 heteroatoms. The zero-order chi connectivity index (χ0) is 18.4. The number of benzene rings is 2. The largest absolute Gasteiger partial charge is 0.322 e. The lowest BCUT2D eigenvalue weighted by molar-refractivity contribution is 0.102. The number of anilines is 1. The first kappa shape index (κ1) is 19.6. The summed E-state index contributed by atoms with van der Waals surface area (Å²) in [6.07, 6.45) is 1.61. The van der Waals surface area contributed by atoms with Crippen LogP contribution in [-0.2, 0) is 10.0 Å². The van der Waals surface area contributed by atoms with Crippen LogP contribution in [-0.4, -0.2) is 20.9 Å². The highest BCUT2D eigenvalue weighted by atomic mass is 79.9. The van der Waals surface area contributed by atoms with E-state index >= 15 is 0 Å². The lowest BCUT2D eigenvalue weighted by Gasteiger charge is -2.10. The first-order chi connectivity index (χ1) is 11.8. The van der Waals surface area contributed by atoms with Gasteiger partial charge in [0.15, 0.2) is 0 Å². The highest BCUT2D eigenvalue weighted by molar-refractivity contribution is 9.10. The van der Waals surface area contributed by atoms with Crippen LogP contribution in [0.3, 0.4) is 0 Å². The predicted octanol–water partition coefficient (Wildman–Crippen LogP) is 3.92. The van der Waals surface area contributed by atoms with Gasteiger partial charge in [-0.1, -0.05) is 35.3 Å². The van der Waals surface area contributed by atoms with Crippen LogP contribution in [0.5, 0.6) is 0 Å². The van der Waals surface area contributed by atoms with E-state index in [1.165, 1.54) is 30.3 Å². The molecule has 0 heterocycles. The number of amides is 1. The third-order valence-electron chi connectivity index (χ3n) is 3.40. The molecule has 0 saturated carbocycles. The molecule has 0 spiro atoms. The summed E-state index contributed by atoms with van der Waals surface area (Å²) < 4.78 is 41.3. The van der Waals surface area contributed by atoms with Crippen LogP contribution in [0.25, 0.3) is 0 Å². The van der Waals surface area contributed by atoms with Crippen molar-refractivity contribution in [2.75, 3.05) is 11.9 Å². The van der Waals surface area contributed by atoms with Crippen LogP contribution in [0.1, 0.15) is 30.1 Å². The minimum Gasteiger partial charge on any atom is -0.322 e. The fourth-order valence-corrected chi connectivity index (χ4v) is 3.53. The fraction of sp³-hybridized carbons (Fsp3) is 0.235. The highest BCUT2D eigenvalue weighted by Gasteiger charge is 2.16. The average Bonchev–Trinajstić information content (AvgIpc) is 2.55. The molecule has 0 fully saturated rings. The molecule has 25 heavy (non-hydrogen) atoms. The van der Waals surface area contributed by atoms with Gasteiger partial charge in [-0.2, -0.15) is 0 Å². The van der Waals surface area contributed by atoms with Crippen molar-refractivity contribution >= 4 is 37.5 Å². The van der Waals surface area contributed by atoms with Gasteiger partial charge in [0.2, 0.25) is 10.0 Å². The number of carbonyl (C=O) groups is 1. The molecule has 0 saturated heterocycles. The van der Waals surface area contributed by atoms with Crippen LogP contribution in [0.15, 0.2) is 51.8 Å². The van der Waals surface area contributed by atoms with Crippen LogP contribution in [0.4, 0.5) is 10.1 Å². The number of rotatable bonds is 7. The lowest BCUT2D eigenvalue weighted by atomic mass is 10.2. The Morgan fingerprint density at radius 3 is 2.64 bits per heavy atom. The van der Waals surface area contributed by atoms with Crippen molar-refractivity contribution in [3.8, 4) is 0 Å². The van der Waals surface area contributed by atoms with E-state index in [1.807, 2.05) is 6.92 Å². The summed E-state index contributed by atoms with van der Waals surface area (Å²) in [7, 11) is -3.65. The van der Waals surface area contributed by atoms with Crippen molar-refractivity contribution in [3.05, 3.63) is 58.3 Å². The maximum Gasteiger partial charge on any atom is 0.258 e. The quantitative estimate of drug-likeness (QED) is 0.656. The molecule has 2 rings (SSSR count). The molecule has 0 aliphatic heterocycles. The maximum absolute atomic E-state index is 13.8. The molecule has 2 aromatic rings. The second-order valence-corrected chi connectivity index (χ2v) is 8.04. The number of nitrogens with one attached hydrogen (secondary N) is 2. The van der Waals surface area contributed by atoms with E-state index in [0.717, 1.165) is 12.8 Å². The van der Waals surface area contributed by atoms with Gasteiger partial charge in [0.1, 0.15) is 5.82 Å².